The van der Waals surface area contributed by atoms with Gasteiger partial charge in [-0.05, 0) is 29.7 Å². The first kappa shape index (κ1) is 14.3. The molecule has 2 heterocycles. The highest BCUT2D eigenvalue weighted by molar-refractivity contribution is 5.95. The van der Waals surface area contributed by atoms with Crippen molar-refractivity contribution in [1.29, 1.82) is 0 Å². The third-order valence-corrected chi connectivity index (χ3v) is 5.06. The predicted molar refractivity (Wildman–Crippen MR) is 88.2 cm³/mol. The van der Waals surface area contributed by atoms with Crippen LogP contribution in [0.1, 0.15) is 22.0 Å². The smallest absolute Gasteiger partial charge is 0.254 e. The summed E-state index contributed by atoms with van der Waals surface area (Å²) in [7, 11) is 0. The molecule has 0 unspecified atom stereocenters. The topological polar surface area (TPSA) is 52.6 Å². The number of likely N-dealkylation sites (tertiary alicyclic amines) is 1. The molecule has 0 radical (unpaired) electrons. The first-order valence-corrected chi connectivity index (χ1v) is 8.10. The Labute approximate surface area is 135 Å². The zero-order valence-electron chi connectivity index (χ0n) is 12.9. The van der Waals surface area contributed by atoms with E-state index in [0.717, 1.165) is 19.6 Å². The summed E-state index contributed by atoms with van der Waals surface area (Å²) in [6, 6.07) is 17.0. The van der Waals surface area contributed by atoms with E-state index in [2.05, 4.69) is 17.4 Å². The normalized spacial score (nSPS) is 26.3. The van der Waals surface area contributed by atoms with Crippen LogP contribution in [0.5, 0.6) is 5.75 Å². The van der Waals surface area contributed by atoms with Crippen molar-refractivity contribution < 1.29 is 9.90 Å². The fraction of sp³-hybridized carbons (Fsp3) is 0.316. The highest BCUT2D eigenvalue weighted by atomic mass is 16.3. The molecule has 2 aliphatic heterocycles. The quantitative estimate of drug-likeness (QED) is 0.896. The van der Waals surface area contributed by atoms with E-state index in [1.54, 1.807) is 24.3 Å². The van der Waals surface area contributed by atoms with Gasteiger partial charge in [0.05, 0.1) is 6.04 Å². The number of carbonyl (C=O) groups excluding carboxylic acids is 1. The molecule has 3 atom stereocenters. The summed E-state index contributed by atoms with van der Waals surface area (Å²) >= 11 is 0. The third kappa shape index (κ3) is 2.49. The Morgan fingerprint density at radius 3 is 2.70 bits per heavy atom. The van der Waals surface area contributed by atoms with Crippen LogP contribution in [0.15, 0.2) is 54.6 Å². The van der Waals surface area contributed by atoms with Gasteiger partial charge in [0.2, 0.25) is 0 Å². The van der Waals surface area contributed by atoms with Crippen LogP contribution in [0.25, 0.3) is 0 Å². The van der Waals surface area contributed by atoms with Crippen LogP contribution in [0.4, 0.5) is 0 Å². The first-order chi connectivity index (χ1) is 11.2. The molecule has 2 N–H and O–H groups in total. The maximum Gasteiger partial charge on any atom is 0.254 e. The SMILES string of the molecule is O=C(c1cccc(O)c1)N1C[C@@H]2CNC[C@@H]2[C@@H]1c1ccccc1. The van der Waals surface area contributed by atoms with E-state index in [1.165, 1.54) is 5.56 Å². The minimum Gasteiger partial charge on any atom is -0.508 e. The summed E-state index contributed by atoms with van der Waals surface area (Å²) in [6.07, 6.45) is 0. The number of amides is 1. The lowest BCUT2D eigenvalue weighted by molar-refractivity contribution is 0.0713. The minimum atomic E-state index is 0.00385. The van der Waals surface area contributed by atoms with Crippen molar-refractivity contribution >= 4 is 5.91 Å². The van der Waals surface area contributed by atoms with Crippen LogP contribution >= 0.6 is 0 Å². The highest BCUT2D eigenvalue weighted by Crippen LogP contribution is 2.43. The van der Waals surface area contributed by atoms with Gasteiger partial charge in [0.15, 0.2) is 0 Å². The summed E-state index contributed by atoms with van der Waals surface area (Å²) in [6.45, 7) is 2.69. The Bertz CT molecular complexity index is 716. The van der Waals surface area contributed by atoms with Gasteiger partial charge in [0, 0.05) is 31.1 Å². The van der Waals surface area contributed by atoms with Crippen molar-refractivity contribution in [1.82, 2.24) is 10.2 Å². The van der Waals surface area contributed by atoms with Gasteiger partial charge in [0.25, 0.3) is 5.91 Å². The van der Waals surface area contributed by atoms with E-state index in [-0.39, 0.29) is 17.7 Å². The molecule has 0 bridgehead atoms. The number of hydrogen-bond donors (Lipinski definition) is 2. The molecule has 2 aromatic rings. The number of nitrogens with one attached hydrogen (secondary N) is 1. The van der Waals surface area contributed by atoms with Crippen molar-refractivity contribution in [2.75, 3.05) is 19.6 Å². The maximum atomic E-state index is 13.0. The third-order valence-electron chi connectivity index (χ3n) is 5.06. The highest BCUT2D eigenvalue weighted by Gasteiger charge is 2.46. The van der Waals surface area contributed by atoms with Crippen molar-refractivity contribution in [3.8, 4) is 5.75 Å². The Balaban J connectivity index is 1.70. The molecule has 118 valence electrons. The molecule has 0 aliphatic carbocycles. The zero-order chi connectivity index (χ0) is 15.8. The number of benzene rings is 2. The van der Waals surface area contributed by atoms with Gasteiger partial charge in [-0.1, -0.05) is 36.4 Å². The fourth-order valence-corrected chi connectivity index (χ4v) is 4.01. The van der Waals surface area contributed by atoms with Gasteiger partial charge in [0.1, 0.15) is 5.75 Å². The van der Waals surface area contributed by atoms with E-state index >= 15 is 0 Å². The van der Waals surface area contributed by atoms with Crippen molar-refractivity contribution in [3.63, 3.8) is 0 Å². The number of rotatable bonds is 2. The van der Waals surface area contributed by atoms with Gasteiger partial charge in [-0.15, -0.1) is 0 Å². The maximum absolute atomic E-state index is 13.0. The van der Waals surface area contributed by atoms with Gasteiger partial charge < -0.3 is 15.3 Å². The number of aromatic hydroxyl groups is 1. The lowest BCUT2D eigenvalue weighted by Gasteiger charge is -2.28. The van der Waals surface area contributed by atoms with Crippen molar-refractivity contribution in [2.45, 2.75) is 6.04 Å². The molecule has 23 heavy (non-hydrogen) atoms. The molecule has 0 aromatic heterocycles. The average molecular weight is 308 g/mol. The second kappa shape index (κ2) is 5.70. The van der Waals surface area contributed by atoms with Gasteiger partial charge in [-0.25, -0.2) is 0 Å². The lowest BCUT2D eigenvalue weighted by atomic mass is 9.89. The Morgan fingerprint density at radius 2 is 1.91 bits per heavy atom. The largest absolute Gasteiger partial charge is 0.508 e. The second-order valence-corrected chi connectivity index (χ2v) is 6.45. The number of fused-ring (bicyclic) bond motifs is 1. The Kier molecular flexibility index (Phi) is 3.54. The van der Waals surface area contributed by atoms with Gasteiger partial charge in [-0.3, -0.25) is 4.79 Å². The predicted octanol–water partition coefficient (Wildman–Crippen LogP) is 2.42. The van der Waals surface area contributed by atoms with Crippen LogP contribution in [0.3, 0.4) is 0 Å². The molecule has 2 aliphatic rings. The molecular weight excluding hydrogens is 288 g/mol. The summed E-state index contributed by atoms with van der Waals surface area (Å²) in [5, 5.41) is 13.1. The van der Waals surface area contributed by atoms with Crippen LogP contribution in [0.2, 0.25) is 0 Å². The molecule has 1 amide bonds. The van der Waals surface area contributed by atoms with Gasteiger partial charge in [-0.2, -0.15) is 0 Å². The molecule has 4 rings (SSSR count). The fourth-order valence-electron chi connectivity index (χ4n) is 4.01. The standard InChI is InChI=1S/C19H20N2O2/c22-16-8-4-7-14(9-16)19(23)21-12-15-10-20-11-17(15)18(21)13-5-2-1-3-6-13/h1-9,15,17-18,20,22H,10-12H2/t15-,17-,18-/m0/s1. The van der Waals surface area contributed by atoms with E-state index in [4.69, 9.17) is 0 Å². The van der Waals surface area contributed by atoms with E-state index < -0.39 is 0 Å². The monoisotopic (exact) mass is 308 g/mol. The molecule has 2 fully saturated rings. The van der Waals surface area contributed by atoms with Crippen LogP contribution in [0, 0.1) is 11.8 Å². The van der Waals surface area contributed by atoms with Crippen molar-refractivity contribution in [2.24, 2.45) is 11.8 Å². The summed E-state index contributed by atoms with van der Waals surface area (Å²) in [5.41, 5.74) is 1.75. The first-order valence-electron chi connectivity index (χ1n) is 8.10. The van der Waals surface area contributed by atoms with E-state index in [9.17, 15) is 9.90 Å². The molecule has 2 saturated heterocycles. The van der Waals surface area contributed by atoms with E-state index in [1.807, 2.05) is 23.1 Å². The number of nitrogens with zero attached hydrogens (tertiary/aromatic N) is 1. The molecule has 0 spiro atoms. The summed E-state index contributed by atoms with van der Waals surface area (Å²) < 4.78 is 0. The summed E-state index contributed by atoms with van der Waals surface area (Å²) in [5.74, 6) is 1.09. The zero-order valence-corrected chi connectivity index (χ0v) is 12.9. The number of hydrogen-bond acceptors (Lipinski definition) is 3. The minimum absolute atomic E-state index is 0.00385. The molecule has 0 saturated carbocycles. The molecule has 4 heteroatoms. The van der Waals surface area contributed by atoms with E-state index in [0.29, 0.717) is 17.4 Å². The second-order valence-electron chi connectivity index (χ2n) is 6.45. The molecule has 2 aromatic carbocycles. The average Bonchev–Trinajstić information content (AvgIpc) is 3.15. The van der Waals surface area contributed by atoms with Crippen LogP contribution in [-0.2, 0) is 0 Å². The van der Waals surface area contributed by atoms with Crippen LogP contribution in [-0.4, -0.2) is 35.5 Å². The molecular formula is C19H20N2O2. The van der Waals surface area contributed by atoms with Gasteiger partial charge >= 0.3 is 0 Å². The number of phenolic OH excluding ortho intramolecular Hbond substituents is 1. The lowest BCUT2D eigenvalue weighted by Crippen LogP contribution is -2.34. The van der Waals surface area contributed by atoms with Crippen LogP contribution < -0.4 is 5.32 Å². The Hall–Kier alpha value is -2.33. The Morgan fingerprint density at radius 1 is 1.09 bits per heavy atom. The number of phenols is 1. The molecule has 4 nitrogen and oxygen atoms in total. The van der Waals surface area contributed by atoms with Crippen molar-refractivity contribution in [3.05, 3.63) is 65.7 Å². The summed E-state index contributed by atoms with van der Waals surface area (Å²) in [4.78, 5) is 15.0. The number of carbonyl (C=O) groups is 1.